The molecular formula is C27H25N3O3. The number of imidazole rings is 1. The molecule has 33 heavy (non-hydrogen) atoms. The van der Waals surface area contributed by atoms with Crippen molar-refractivity contribution in [2.45, 2.75) is 26.4 Å². The van der Waals surface area contributed by atoms with Crippen molar-refractivity contribution < 1.29 is 14.3 Å². The van der Waals surface area contributed by atoms with E-state index < -0.39 is 17.9 Å². The Morgan fingerprint density at radius 2 is 1.67 bits per heavy atom. The third-order valence-electron chi connectivity index (χ3n) is 6.09. The van der Waals surface area contributed by atoms with Crippen molar-refractivity contribution in [2.24, 2.45) is 5.92 Å². The van der Waals surface area contributed by atoms with E-state index in [1.165, 1.54) is 0 Å². The Kier molecular flexibility index (Phi) is 5.42. The Hall–Kier alpha value is -3.93. The molecule has 1 amide bonds. The quantitative estimate of drug-likeness (QED) is 0.335. The van der Waals surface area contributed by atoms with Crippen LogP contribution in [0.1, 0.15) is 29.7 Å². The Bertz CT molecular complexity index is 1310. The molecule has 4 aromatic rings. The van der Waals surface area contributed by atoms with E-state index in [0.717, 1.165) is 27.7 Å². The van der Waals surface area contributed by atoms with Gasteiger partial charge < -0.3 is 9.30 Å². The topological polar surface area (TPSA) is 64.4 Å². The summed E-state index contributed by atoms with van der Waals surface area (Å²) in [5.41, 5.74) is 4.59. The largest absolute Gasteiger partial charge is 0.465 e. The molecule has 5 rings (SSSR count). The molecule has 0 saturated heterocycles. The highest BCUT2D eigenvalue weighted by Crippen LogP contribution is 2.41. The molecule has 0 unspecified atom stereocenters. The lowest BCUT2D eigenvalue weighted by Gasteiger charge is -2.38. The van der Waals surface area contributed by atoms with Gasteiger partial charge in [0.25, 0.3) is 0 Å². The summed E-state index contributed by atoms with van der Waals surface area (Å²) in [6.07, 6.45) is 0. The average molecular weight is 440 g/mol. The van der Waals surface area contributed by atoms with Gasteiger partial charge in [0.1, 0.15) is 0 Å². The molecule has 0 fully saturated rings. The molecule has 0 N–H and O–H groups in total. The van der Waals surface area contributed by atoms with Gasteiger partial charge in [-0.2, -0.15) is 0 Å². The summed E-state index contributed by atoms with van der Waals surface area (Å²) >= 11 is 0. The fourth-order valence-corrected chi connectivity index (χ4v) is 4.53. The van der Waals surface area contributed by atoms with Crippen LogP contribution in [0.5, 0.6) is 0 Å². The predicted molar refractivity (Wildman–Crippen MR) is 127 cm³/mol. The lowest BCUT2D eigenvalue weighted by molar-refractivity contribution is -0.153. The average Bonchev–Trinajstić information content (AvgIpc) is 3.21. The number of aromatic nitrogens is 2. The van der Waals surface area contributed by atoms with E-state index in [-0.39, 0.29) is 12.5 Å². The zero-order valence-corrected chi connectivity index (χ0v) is 18.6. The maximum absolute atomic E-state index is 13.9. The van der Waals surface area contributed by atoms with Crippen LogP contribution in [0.15, 0.2) is 78.9 Å². The number of amides is 1. The van der Waals surface area contributed by atoms with Gasteiger partial charge in [-0.05, 0) is 37.1 Å². The Morgan fingerprint density at radius 3 is 2.39 bits per heavy atom. The van der Waals surface area contributed by atoms with Crippen LogP contribution in [0.2, 0.25) is 0 Å². The summed E-state index contributed by atoms with van der Waals surface area (Å²) in [5.74, 6) is -1.29. The smallest absolute Gasteiger partial charge is 0.321 e. The van der Waals surface area contributed by atoms with Crippen LogP contribution >= 0.6 is 0 Å². The lowest BCUT2D eigenvalue weighted by Crippen LogP contribution is -2.49. The fourth-order valence-electron chi connectivity index (χ4n) is 4.53. The monoisotopic (exact) mass is 439 g/mol. The van der Waals surface area contributed by atoms with Crippen LogP contribution in [-0.4, -0.2) is 28.0 Å². The molecule has 0 aliphatic carbocycles. The second kappa shape index (κ2) is 8.54. The van der Waals surface area contributed by atoms with Crippen molar-refractivity contribution in [3.8, 4) is 0 Å². The second-order valence-corrected chi connectivity index (χ2v) is 8.27. The number of fused-ring (bicyclic) bond motifs is 3. The Labute approximate surface area is 192 Å². The zero-order chi connectivity index (χ0) is 22.9. The Morgan fingerprint density at radius 1 is 0.970 bits per heavy atom. The van der Waals surface area contributed by atoms with Gasteiger partial charge in [-0.15, -0.1) is 0 Å². The van der Waals surface area contributed by atoms with E-state index in [4.69, 9.17) is 9.72 Å². The van der Waals surface area contributed by atoms with E-state index in [9.17, 15) is 9.59 Å². The first-order valence-electron chi connectivity index (χ1n) is 11.1. The molecule has 6 nitrogen and oxygen atoms in total. The van der Waals surface area contributed by atoms with Gasteiger partial charge in [0, 0.05) is 0 Å². The minimum atomic E-state index is -1.01. The standard InChI is InChI=1S/C27H25N3O3/c1-3-33-26(32)23-24(20-15-13-18(2)14-16-20)30-22-12-8-7-11-21(22)28-27(30)29(25(23)31)17-19-9-5-4-6-10-19/h4-16,23-24H,3,17H2,1-2H3/t23-,24+/m0/s1. The minimum Gasteiger partial charge on any atom is -0.465 e. The van der Waals surface area contributed by atoms with Gasteiger partial charge >= 0.3 is 5.97 Å². The molecule has 2 atom stereocenters. The molecule has 6 heteroatoms. The van der Waals surface area contributed by atoms with Gasteiger partial charge in [0.15, 0.2) is 5.92 Å². The van der Waals surface area contributed by atoms with Crippen LogP contribution in [0, 0.1) is 12.8 Å². The summed E-state index contributed by atoms with van der Waals surface area (Å²) in [6, 6.07) is 24.9. The summed E-state index contributed by atoms with van der Waals surface area (Å²) in [4.78, 5) is 33.6. The van der Waals surface area contributed by atoms with Crippen LogP contribution in [0.4, 0.5) is 5.95 Å². The fraction of sp³-hybridized carbons (Fsp3) is 0.222. The summed E-state index contributed by atoms with van der Waals surface area (Å²) < 4.78 is 7.43. The van der Waals surface area contributed by atoms with Crippen molar-refractivity contribution in [1.29, 1.82) is 0 Å². The number of hydrogen-bond donors (Lipinski definition) is 0. The predicted octanol–water partition coefficient (Wildman–Crippen LogP) is 4.66. The minimum absolute atomic E-state index is 0.208. The number of aryl methyl sites for hydroxylation is 1. The van der Waals surface area contributed by atoms with Gasteiger partial charge in [0.2, 0.25) is 11.9 Å². The number of esters is 1. The number of anilines is 1. The van der Waals surface area contributed by atoms with E-state index in [1.807, 2.05) is 90.4 Å². The number of nitrogens with zero attached hydrogens (tertiary/aromatic N) is 3. The van der Waals surface area contributed by atoms with Crippen molar-refractivity contribution in [1.82, 2.24) is 9.55 Å². The number of hydrogen-bond acceptors (Lipinski definition) is 4. The molecule has 1 aliphatic rings. The molecule has 0 spiro atoms. The first-order valence-corrected chi connectivity index (χ1v) is 11.1. The number of rotatable bonds is 5. The summed E-state index contributed by atoms with van der Waals surface area (Å²) in [7, 11) is 0. The highest BCUT2D eigenvalue weighted by molar-refractivity contribution is 6.08. The molecule has 0 radical (unpaired) electrons. The third-order valence-corrected chi connectivity index (χ3v) is 6.09. The van der Waals surface area contributed by atoms with Crippen LogP contribution in [0.3, 0.4) is 0 Å². The molecule has 2 heterocycles. The van der Waals surface area contributed by atoms with Gasteiger partial charge in [0.05, 0.1) is 30.2 Å². The lowest BCUT2D eigenvalue weighted by atomic mass is 9.89. The first-order chi connectivity index (χ1) is 16.1. The number of para-hydroxylation sites is 2. The Balaban J connectivity index is 1.75. The molecule has 166 valence electrons. The normalized spacial score (nSPS) is 17.8. The van der Waals surface area contributed by atoms with Crippen LogP contribution in [0.25, 0.3) is 11.0 Å². The zero-order valence-electron chi connectivity index (χ0n) is 18.6. The molecular weight excluding hydrogens is 414 g/mol. The molecule has 3 aromatic carbocycles. The first kappa shape index (κ1) is 20.9. The number of carbonyl (C=O) groups is 2. The van der Waals surface area contributed by atoms with Crippen LogP contribution < -0.4 is 4.90 Å². The van der Waals surface area contributed by atoms with E-state index >= 15 is 0 Å². The highest BCUT2D eigenvalue weighted by atomic mass is 16.5. The third kappa shape index (κ3) is 3.67. The molecule has 0 saturated carbocycles. The van der Waals surface area contributed by atoms with Crippen molar-refractivity contribution in [3.05, 3.63) is 95.6 Å². The van der Waals surface area contributed by atoms with Gasteiger partial charge in [-0.25, -0.2) is 4.98 Å². The molecule has 1 aromatic heterocycles. The second-order valence-electron chi connectivity index (χ2n) is 8.27. The molecule has 1 aliphatic heterocycles. The van der Waals surface area contributed by atoms with E-state index in [1.54, 1.807) is 11.8 Å². The van der Waals surface area contributed by atoms with E-state index in [0.29, 0.717) is 12.5 Å². The van der Waals surface area contributed by atoms with Crippen molar-refractivity contribution in [3.63, 3.8) is 0 Å². The molecule has 0 bridgehead atoms. The SMILES string of the molecule is CCOC(=O)[C@@H]1C(=O)N(Cc2ccccc2)c2nc3ccccc3n2[C@@H]1c1ccc(C)cc1. The number of carbonyl (C=O) groups excluding carboxylic acids is 2. The maximum Gasteiger partial charge on any atom is 0.321 e. The van der Waals surface area contributed by atoms with Gasteiger partial charge in [-0.3, -0.25) is 14.5 Å². The number of benzene rings is 3. The van der Waals surface area contributed by atoms with Crippen molar-refractivity contribution >= 4 is 28.9 Å². The van der Waals surface area contributed by atoms with E-state index in [2.05, 4.69) is 0 Å². The summed E-state index contributed by atoms with van der Waals surface area (Å²) in [5, 5.41) is 0. The number of ether oxygens (including phenoxy) is 1. The van der Waals surface area contributed by atoms with Crippen molar-refractivity contribution in [2.75, 3.05) is 11.5 Å². The van der Waals surface area contributed by atoms with Gasteiger partial charge in [-0.1, -0.05) is 72.3 Å². The maximum atomic E-state index is 13.9. The van der Waals surface area contributed by atoms with Crippen LogP contribution in [-0.2, 0) is 20.9 Å². The summed E-state index contributed by atoms with van der Waals surface area (Å²) in [6.45, 7) is 4.29. The highest BCUT2D eigenvalue weighted by Gasteiger charge is 2.47.